The van der Waals surface area contributed by atoms with Crippen LogP contribution in [-0.2, 0) is 0 Å². The van der Waals surface area contributed by atoms with E-state index in [1.54, 1.807) is 19.4 Å². The molecule has 5 heteroatoms. The maximum Gasteiger partial charge on any atom is 0.161 e. The molecule has 19 heavy (non-hydrogen) atoms. The van der Waals surface area contributed by atoms with Crippen LogP contribution in [0.3, 0.4) is 0 Å². The highest BCUT2D eigenvalue weighted by atomic mass is 35.5. The van der Waals surface area contributed by atoms with Gasteiger partial charge in [-0.2, -0.15) is 0 Å². The van der Waals surface area contributed by atoms with E-state index >= 15 is 0 Å². The van der Waals surface area contributed by atoms with Crippen LogP contribution >= 0.6 is 11.6 Å². The van der Waals surface area contributed by atoms with E-state index in [4.69, 9.17) is 16.3 Å². The first-order valence-corrected chi connectivity index (χ1v) is 6.08. The third kappa shape index (κ3) is 2.74. The first-order valence-electron chi connectivity index (χ1n) is 5.70. The van der Waals surface area contributed by atoms with Crippen LogP contribution in [0, 0.1) is 6.92 Å². The number of methoxy groups -OCH3 is 1. The fourth-order valence-electron chi connectivity index (χ4n) is 1.85. The quantitative estimate of drug-likeness (QED) is 0.637. The molecule has 0 amide bonds. The Balaban J connectivity index is 2.73. The number of rotatable bonds is 3. The van der Waals surface area contributed by atoms with Gasteiger partial charge >= 0.3 is 0 Å². The minimum absolute atomic E-state index is 0.0579. The molecule has 0 atom stereocenters. The third-order valence-corrected chi connectivity index (χ3v) is 2.97. The van der Waals surface area contributed by atoms with Gasteiger partial charge in [-0.3, -0.25) is 9.78 Å². The lowest BCUT2D eigenvalue weighted by molar-refractivity contribution is 0.101. The van der Waals surface area contributed by atoms with Gasteiger partial charge in [0.1, 0.15) is 10.9 Å². The number of nitrogens with zero attached hydrogens (tertiary/aromatic N) is 2. The summed E-state index contributed by atoms with van der Waals surface area (Å²) in [5.74, 6) is 0.509. The van der Waals surface area contributed by atoms with E-state index in [0.29, 0.717) is 16.5 Å². The van der Waals surface area contributed by atoms with Crippen LogP contribution in [-0.4, -0.2) is 22.9 Å². The van der Waals surface area contributed by atoms with E-state index < -0.39 is 0 Å². The molecule has 0 N–H and O–H groups in total. The van der Waals surface area contributed by atoms with Crippen molar-refractivity contribution < 1.29 is 9.53 Å². The maximum absolute atomic E-state index is 11.7. The molecule has 0 aromatic carbocycles. The molecule has 0 bridgehead atoms. The Bertz CT molecular complexity index is 641. The number of carbonyl (C=O) groups is 1. The molecule has 2 heterocycles. The highest BCUT2D eigenvalue weighted by molar-refractivity contribution is 6.29. The predicted octanol–water partition coefficient (Wildman–Crippen LogP) is 3.32. The zero-order valence-electron chi connectivity index (χ0n) is 10.9. The fourth-order valence-corrected chi connectivity index (χ4v) is 2.01. The van der Waals surface area contributed by atoms with E-state index in [2.05, 4.69) is 9.97 Å². The number of aromatic nitrogens is 2. The van der Waals surface area contributed by atoms with E-state index in [-0.39, 0.29) is 5.78 Å². The number of hydrogen-bond donors (Lipinski definition) is 0. The number of halogens is 1. The maximum atomic E-state index is 11.7. The SMILES string of the molecule is COc1cnc(Cl)cc1-c1cc(C)ncc1C(C)=O. The molecule has 0 aliphatic carbocycles. The van der Waals surface area contributed by atoms with Crippen LogP contribution in [0.15, 0.2) is 24.5 Å². The molecule has 0 spiro atoms. The second-order valence-corrected chi connectivity index (χ2v) is 4.52. The number of hydrogen-bond acceptors (Lipinski definition) is 4. The molecular weight excluding hydrogens is 264 g/mol. The monoisotopic (exact) mass is 276 g/mol. The molecule has 0 aliphatic heterocycles. The second kappa shape index (κ2) is 5.36. The highest BCUT2D eigenvalue weighted by Crippen LogP contribution is 2.33. The number of Topliss-reactive ketones (excluding diaryl/α,β-unsaturated/α-hetero) is 1. The Morgan fingerprint density at radius 1 is 1.21 bits per heavy atom. The standard InChI is InChI=1S/C14H13ClN2O2/c1-8-4-10(12(6-16-8)9(2)18)11-5-14(15)17-7-13(11)19-3/h4-7H,1-3H3. The molecule has 2 rings (SSSR count). The van der Waals surface area contributed by atoms with Crippen LogP contribution in [0.25, 0.3) is 11.1 Å². The number of carbonyl (C=O) groups excluding carboxylic acids is 1. The fraction of sp³-hybridized carbons (Fsp3) is 0.214. The Kier molecular flexibility index (Phi) is 3.81. The molecule has 0 unspecified atom stereocenters. The van der Waals surface area contributed by atoms with Crippen molar-refractivity contribution in [1.82, 2.24) is 9.97 Å². The van der Waals surface area contributed by atoms with Crippen LogP contribution in [0.5, 0.6) is 5.75 Å². The van der Waals surface area contributed by atoms with Crippen molar-refractivity contribution in [1.29, 1.82) is 0 Å². The minimum Gasteiger partial charge on any atom is -0.494 e. The highest BCUT2D eigenvalue weighted by Gasteiger charge is 2.15. The molecule has 0 aliphatic rings. The summed E-state index contributed by atoms with van der Waals surface area (Å²) in [6.45, 7) is 3.37. The summed E-state index contributed by atoms with van der Waals surface area (Å²) in [5, 5.41) is 0.347. The minimum atomic E-state index is -0.0579. The van der Waals surface area contributed by atoms with Gasteiger partial charge in [0.2, 0.25) is 0 Å². The van der Waals surface area contributed by atoms with Crippen molar-refractivity contribution in [2.45, 2.75) is 13.8 Å². The van der Waals surface area contributed by atoms with Gasteiger partial charge in [-0.1, -0.05) is 11.6 Å². The van der Waals surface area contributed by atoms with Gasteiger partial charge < -0.3 is 4.74 Å². The molecule has 0 saturated carbocycles. The van der Waals surface area contributed by atoms with Gasteiger partial charge in [0.15, 0.2) is 5.78 Å². The van der Waals surface area contributed by atoms with E-state index in [0.717, 1.165) is 16.8 Å². The summed E-state index contributed by atoms with van der Waals surface area (Å²) in [6.07, 6.45) is 3.11. The normalized spacial score (nSPS) is 10.3. The Morgan fingerprint density at radius 2 is 1.95 bits per heavy atom. The first kappa shape index (κ1) is 13.5. The van der Waals surface area contributed by atoms with Crippen LogP contribution in [0.2, 0.25) is 5.15 Å². The second-order valence-electron chi connectivity index (χ2n) is 4.13. The third-order valence-electron chi connectivity index (χ3n) is 2.76. The van der Waals surface area contributed by atoms with Gasteiger partial charge in [-0.15, -0.1) is 0 Å². The molecule has 2 aromatic heterocycles. The average Bonchev–Trinajstić information content (AvgIpc) is 2.38. The Hall–Kier alpha value is -1.94. The molecule has 0 saturated heterocycles. The molecular formula is C14H13ClN2O2. The van der Waals surface area contributed by atoms with Gasteiger partial charge in [0.05, 0.1) is 13.3 Å². The van der Waals surface area contributed by atoms with Crippen molar-refractivity contribution >= 4 is 17.4 Å². The largest absolute Gasteiger partial charge is 0.494 e. The first-order chi connectivity index (χ1) is 9.02. The summed E-state index contributed by atoms with van der Waals surface area (Å²) in [5.41, 5.74) is 2.83. The van der Waals surface area contributed by atoms with Crippen molar-refractivity contribution in [3.8, 4) is 16.9 Å². The topological polar surface area (TPSA) is 52.1 Å². The predicted molar refractivity (Wildman–Crippen MR) is 73.8 cm³/mol. The van der Waals surface area contributed by atoms with Gasteiger partial charge in [-0.05, 0) is 31.5 Å². The number of pyridine rings is 2. The van der Waals surface area contributed by atoms with Gasteiger partial charge in [0, 0.05) is 23.0 Å². The zero-order chi connectivity index (χ0) is 14.0. The van der Waals surface area contributed by atoms with Gasteiger partial charge in [0.25, 0.3) is 0 Å². The molecule has 2 aromatic rings. The van der Waals surface area contributed by atoms with Crippen molar-refractivity contribution in [2.24, 2.45) is 0 Å². The number of ketones is 1. The van der Waals surface area contributed by atoms with Crippen LogP contribution in [0.1, 0.15) is 23.0 Å². The number of aryl methyl sites for hydroxylation is 1. The van der Waals surface area contributed by atoms with Crippen molar-refractivity contribution in [3.05, 3.63) is 40.9 Å². The van der Waals surface area contributed by atoms with E-state index in [9.17, 15) is 4.79 Å². The van der Waals surface area contributed by atoms with E-state index in [1.165, 1.54) is 13.1 Å². The molecule has 98 valence electrons. The lowest BCUT2D eigenvalue weighted by Crippen LogP contribution is -2.00. The van der Waals surface area contributed by atoms with Crippen LogP contribution < -0.4 is 4.74 Å². The number of ether oxygens (including phenoxy) is 1. The zero-order valence-corrected chi connectivity index (χ0v) is 11.7. The van der Waals surface area contributed by atoms with Crippen molar-refractivity contribution in [3.63, 3.8) is 0 Å². The smallest absolute Gasteiger partial charge is 0.161 e. The molecule has 0 radical (unpaired) electrons. The van der Waals surface area contributed by atoms with Gasteiger partial charge in [-0.25, -0.2) is 4.98 Å². The summed E-state index contributed by atoms with van der Waals surface area (Å²) in [7, 11) is 1.55. The summed E-state index contributed by atoms with van der Waals surface area (Å²) < 4.78 is 5.28. The van der Waals surface area contributed by atoms with Crippen molar-refractivity contribution in [2.75, 3.05) is 7.11 Å². The Labute approximate surface area is 116 Å². The summed E-state index contributed by atoms with van der Waals surface area (Å²) >= 11 is 5.93. The summed E-state index contributed by atoms with van der Waals surface area (Å²) in [4.78, 5) is 19.8. The van der Waals surface area contributed by atoms with Crippen LogP contribution in [0.4, 0.5) is 0 Å². The Morgan fingerprint density at radius 3 is 2.58 bits per heavy atom. The average molecular weight is 277 g/mol. The lowest BCUT2D eigenvalue weighted by Gasteiger charge is -2.12. The molecule has 0 fully saturated rings. The lowest BCUT2D eigenvalue weighted by atomic mass is 9.99. The van der Waals surface area contributed by atoms with E-state index in [1.807, 2.05) is 13.0 Å². The summed E-state index contributed by atoms with van der Waals surface area (Å²) in [6, 6.07) is 3.52. The molecule has 4 nitrogen and oxygen atoms in total.